The van der Waals surface area contributed by atoms with E-state index in [1.54, 1.807) is 6.92 Å². The molecule has 2 aromatic rings. The molecular weight excluding hydrogens is 410 g/mol. The number of ether oxygens (including phenoxy) is 1. The van der Waals surface area contributed by atoms with Gasteiger partial charge in [-0.1, -0.05) is 33.2 Å². The molecule has 9 heteroatoms. The normalized spacial score (nSPS) is 11.8. The van der Waals surface area contributed by atoms with Gasteiger partial charge in [0.15, 0.2) is 5.82 Å². The highest BCUT2D eigenvalue weighted by Gasteiger charge is 2.19. The van der Waals surface area contributed by atoms with Crippen LogP contribution in [-0.4, -0.2) is 34.9 Å². The number of carbonyl (C=O) groups is 2. The number of amides is 1. The second kappa shape index (κ2) is 9.57. The van der Waals surface area contributed by atoms with E-state index in [0.29, 0.717) is 17.5 Å². The molecule has 0 spiro atoms. The molecule has 0 fully saturated rings. The number of esters is 1. The number of hydrogen-bond acceptors (Lipinski definition) is 7. The number of methoxy groups -OCH3 is 1. The number of benzene rings is 1. The topological polar surface area (TPSA) is 94.3 Å². The van der Waals surface area contributed by atoms with Gasteiger partial charge in [0.05, 0.1) is 31.1 Å². The smallest absolute Gasteiger partial charge is 0.307 e. The highest BCUT2D eigenvalue weighted by Crippen LogP contribution is 2.20. The van der Waals surface area contributed by atoms with Crippen LogP contribution in [0.5, 0.6) is 0 Å². The minimum absolute atomic E-state index is 0.0680. The van der Waals surface area contributed by atoms with Crippen LogP contribution in [0.3, 0.4) is 0 Å². The lowest BCUT2D eigenvalue weighted by Crippen LogP contribution is -2.31. The van der Waals surface area contributed by atoms with Crippen LogP contribution in [0.25, 0.3) is 0 Å². The predicted molar refractivity (Wildman–Crippen MR) is 96.9 cm³/mol. The Morgan fingerprint density at radius 2 is 2.08 bits per heavy atom. The first-order valence-electron chi connectivity index (χ1n) is 7.46. The molecule has 1 heterocycles. The Bertz CT molecular complexity index is 720. The van der Waals surface area contributed by atoms with E-state index in [9.17, 15) is 9.59 Å². The van der Waals surface area contributed by atoms with E-state index in [-0.39, 0.29) is 24.1 Å². The van der Waals surface area contributed by atoms with Crippen LogP contribution in [-0.2, 0) is 20.1 Å². The van der Waals surface area contributed by atoms with Gasteiger partial charge < -0.3 is 14.6 Å². The van der Waals surface area contributed by atoms with Crippen molar-refractivity contribution in [1.29, 1.82) is 0 Å². The standard InChI is InChI=1S/C16H18BrN3O4S/c1-10-18-14(20-24-10)8-25-9-15(21)19-13(7-16(22)23-2)11-3-5-12(17)6-4-11/h3-6,13H,7-9H2,1-2H3,(H,19,21). The number of halogens is 1. The first-order valence-corrected chi connectivity index (χ1v) is 9.41. The highest BCUT2D eigenvalue weighted by atomic mass is 79.9. The van der Waals surface area contributed by atoms with Gasteiger partial charge in [-0.3, -0.25) is 9.59 Å². The lowest BCUT2D eigenvalue weighted by atomic mass is 10.0. The Balaban J connectivity index is 1.91. The Morgan fingerprint density at radius 1 is 1.36 bits per heavy atom. The summed E-state index contributed by atoms with van der Waals surface area (Å²) in [6.45, 7) is 1.71. The van der Waals surface area contributed by atoms with Crippen LogP contribution in [0.4, 0.5) is 0 Å². The molecule has 1 aromatic carbocycles. The van der Waals surface area contributed by atoms with Gasteiger partial charge in [0.25, 0.3) is 0 Å². The van der Waals surface area contributed by atoms with E-state index < -0.39 is 6.04 Å². The van der Waals surface area contributed by atoms with Crippen LogP contribution in [0, 0.1) is 6.92 Å². The molecule has 0 saturated heterocycles. The van der Waals surface area contributed by atoms with Gasteiger partial charge in [-0.25, -0.2) is 0 Å². The Hall–Kier alpha value is -1.87. The second-order valence-corrected chi connectivity index (χ2v) is 7.08. The lowest BCUT2D eigenvalue weighted by molar-refractivity contribution is -0.141. The number of nitrogens with one attached hydrogen (secondary N) is 1. The fraction of sp³-hybridized carbons (Fsp3) is 0.375. The lowest BCUT2D eigenvalue weighted by Gasteiger charge is -2.18. The Labute approximate surface area is 158 Å². The maximum Gasteiger partial charge on any atom is 0.307 e. The van der Waals surface area contributed by atoms with Crippen molar-refractivity contribution in [3.05, 3.63) is 46.0 Å². The largest absolute Gasteiger partial charge is 0.469 e. The molecule has 7 nitrogen and oxygen atoms in total. The van der Waals surface area contributed by atoms with Gasteiger partial charge >= 0.3 is 5.97 Å². The second-order valence-electron chi connectivity index (χ2n) is 5.17. The SMILES string of the molecule is COC(=O)CC(NC(=O)CSCc1noc(C)n1)c1ccc(Br)cc1. The summed E-state index contributed by atoms with van der Waals surface area (Å²) in [7, 11) is 1.32. The van der Waals surface area contributed by atoms with Crippen molar-refractivity contribution >= 4 is 39.6 Å². The monoisotopic (exact) mass is 427 g/mol. The number of carbonyl (C=O) groups excluding carboxylic acids is 2. The number of thioether (sulfide) groups is 1. The van der Waals surface area contributed by atoms with E-state index >= 15 is 0 Å². The van der Waals surface area contributed by atoms with Crippen molar-refractivity contribution in [1.82, 2.24) is 15.5 Å². The average molecular weight is 428 g/mol. The average Bonchev–Trinajstić information content (AvgIpc) is 3.00. The summed E-state index contributed by atoms with van der Waals surface area (Å²) in [5, 5.41) is 6.64. The van der Waals surface area contributed by atoms with Gasteiger partial charge in [0.1, 0.15) is 0 Å². The Kier molecular flexibility index (Phi) is 7.45. The molecular formula is C16H18BrN3O4S. The summed E-state index contributed by atoms with van der Waals surface area (Å²) in [6, 6.07) is 6.99. The van der Waals surface area contributed by atoms with Crippen LogP contribution in [0.15, 0.2) is 33.3 Å². The summed E-state index contributed by atoms with van der Waals surface area (Å²) >= 11 is 4.74. The van der Waals surface area contributed by atoms with E-state index in [0.717, 1.165) is 10.0 Å². The minimum Gasteiger partial charge on any atom is -0.469 e. The summed E-state index contributed by atoms with van der Waals surface area (Å²) < 4.78 is 10.5. The molecule has 1 atom stereocenters. The molecule has 1 N–H and O–H groups in total. The van der Waals surface area contributed by atoms with Crippen molar-refractivity contribution < 1.29 is 18.8 Å². The summed E-state index contributed by atoms with van der Waals surface area (Å²) in [6.07, 6.45) is 0.0680. The summed E-state index contributed by atoms with van der Waals surface area (Å²) in [4.78, 5) is 27.9. The molecule has 0 bridgehead atoms. The number of aromatic nitrogens is 2. The Morgan fingerprint density at radius 3 is 2.68 bits per heavy atom. The van der Waals surface area contributed by atoms with Gasteiger partial charge in [-0.15, -0.1) is 11.8 Å². The van der Waals surface area contributed by atoms with Gasteiger partial charge in [-0.2, -0.15) is 4.98 Å². The number of nitrogens with zero attached hydrogens (tertiary/aromatic N) is 2. The van der Waals surface area contributed by atoms with Crippen molar-refractivity contribution in [2.45, 2.75) is 25.1 Å². The molecule has 1 unspecified atom stereocenters. The molecule has 0 aliphatic carbocycles. The van der Waals surface area contributed by atoms with E-state index in [2.05, 4.69) is 31.4 Å². The van der Waals surface area contributed by atoms with Crippen LogP contribution < -0.4 is 5.32 Å². The molecule has 0 radical (unpaired) electrons. The van der Waals surface area contributed by atoms with Gasteiger partial charge in [0, 0.05) is 11.4 Å². The number of hydrogen-bond donors (Lipinski definition) is 1. The zero-order valence-corrected chi connectivity index (χ0v) is 16.2. The first-order chi connectivity index (χ1) is 12.0. The predicted octanol–water partition coefficient (Wildman–Crippen LogP) is 2.79. The fourth-order valence-electron chi connectivity index (χ4n) is 2.07. The summed E-state index contributed by atoms with van der Waals surface area (Å²) in [5.74, 6) is 1.18. The van der Waals surface area contributed by atoms with Crippen LogP contribution >= 0.6 is 27.7 Å². The van der Waals surface area contributed by atoms with E-state index in [1.165, 1.54) is 18.9 Å². The molecule has 1 aromatic heterocycles. The molecule has 0 aliphatic rings. The van der Waals surface area contributed by atoms with Gasteiger partial charge in [-0.05, 0) is 17.7 Å². The molecule has 2 rings (SSSR count). The van der Waals surface area contributed by atoms with E-state index in [4.69, 9.17) is 9.26 Å². The van der Waals surface area contributed by atoms with Crippen molar-refractivity contribution in [3.8, 4) is 0 Å². The van der Waals surface area contributed by atoms with Crippen molar-refractivity contribution in [2.24, 2.45) is 0 Å². The zero-order chi connectivity index (χ0) is 18.2. The third-order valence-corrected chi connectivity index (χ3v) is 4.70. The van der Waals surface area contributed by atoms with Crippen LogP contribution in [0.2, 0.25) is 0 Å². The molecule has 1 amide bonds. The quantitative estimate of drug-likeness (QED) is 0.647. The maximum atomic E-state index is 12.2. The third kappa shape index (κ3) is 6.50. The zero-order valence-electron chi connectivity index (χ0n) is 13.8. The van der Waals surface area contributed by atoms with Gasteiger partial charge in [0.2, 0.25) is 11.8 Å². The third-order valence-electron chi connectivity index (χ3n) is 3.24. The number of aryl methyl sites for hydroxylation is 1. The fourth-order valence-corrected chi connectivity index (χ4v) is 3.00. The molecule has 25 heavy (non-hydrogen) atoms. The first kappa shape index (κ1) is 19.5. The van der Waals surface area contributed by atoms with Crippen molar-refractivity contribution in [3.63, 3.8) is 0 Å². The van der Waals surface area contributed by atoms with E-state index in [1.807, 2.05) is 24.3 Å². The number of rotatable bonds is 8. The molecule has 0 aliphatic heterocycles. The van der Waals surface area contributed by atoms with Crippen molar-refractivity contribution in [2.75, 3.05) is 12.9 Å². The molecule has 134 valence electrons. The summed E-state index contributed by atoms with van der Waals surface area (Å²) in [5.41, 5.74) is 0.834. The highest BCUT2D eigenvalue weighted by molar-refractivity contribution is 9.10. The van der Waals surface area contributed by atoms with Crippen LogP contribution in [0.1, 0.15) is 29.7 Å². The molecule has 0 saturated carbocycles. The minimum atomic E-state index is -0.443. The maximum absolute atomic E-state index is 12.2.